The lowest BCUT2D eigenvalue weighted by Crippen LogP contribution is -2.50. The number of hydrogen-bond donors (Lipinski definition) is 0. The Hall–Kier alpha value is -7.62. The highest BCUT2D eigenvalue weighted by Gasteiger charge is 2.76. The Bertz CT molecular complexity index is 3880. The van der Waals surface area contributed by atoms with Gasteiger partial charge in [0.1, 0.15) is 0 Å². The molecule has 0 saturated heterocycles. The average Bonchev–Trinajstić information content (AvgIpc) is 4.10. The molecule has 6 atom stereocenters. The molecule has 5 aliphatic rings. The summed E-state index contributed by atoms with van der Waals surface area (Å²) in [5, 5.41) is 4.98. The summed E-state index contributed by atoms with van der Waals surface area (Å²) < 4.78 is 4.83. The Morgan fingerprint density at radius 1 is 0.382 bits per heavy atom. The molecule has 0 N–H and O–H groups in total. The maximum Gasteiger partial charge on any atom is 0.0561 e. The van der Waals surface area contributed by atoms with E-state index in [4.69, 9.17) is 0 Å². The first kappa shape index (κ1) is 37.5. The molecule has 3 nitrogen and oxygen atoms in total. The summed E-state index contributed by atoms with van der Waals surface area (Å²) in [5.41, 5.74) is 20.1. The monoisotopic (exact) mass is 871 g/mol. The molecule has 0 radical (unpaired) electrons. The van der Waals surface area contributed by atoms with Crippen molar-refractivity contribution >= 4 is 60.7 Å². The number of para-hydroxylation sites is 4. The number of hydrogen-bond acceptors (Lipinski definition) is 1. The Kier molecular flexibility index (Phi) is 7.45. The van der Waals surface area contributed by atoms with Crippen molar-refractivity contribution in [1.82, 2.24) is 9.13 Å². The highest BCUT2D eigenvalue weighted by atomic mass is 15.1. The minimum absolute atomic E-state index is 0.197. The molecular formula is C65H49N3. The molecule has 0 amide bonds. The fourth-order valence-electron chi connectivity index (χ4n) is 15.8. The van der Waals surface area contributed by atoms with Crippen LogP contribution >= 0.6 is 0 Å². The van der Waals surface area contributed by atoms with Gasteiger partial charge < -0.3 is 14.0 Å². The molecule has 9 aromatic carbocycles. The van der Waals surface area contributed by atoms with E-state index < -0.39 is 0 Å². The molecular weight excluding hydrogens is 823 g/mol. The van der Waals surface area contributed by atoms with Crippen LogP contribution in [0.1, 0.15) is 43.2 Å². The normalized spacial score (nSPS) is 23.7. The van der Waals surface area contributed by atoms with E-state index >= 15 is 0 Å². The van der Waals surface area contributed by atoms with Gasteiger partial charge in [0.15, 0.2) is 0 Å². The zero-order chi connectivity index (χ0) is 44.3. The molecule has 4 saturated carbocycles. The van der Waals surface area contributed by atoms with Gasteiger partial charge in [0.25, 0.3) is 0 Å². The predicted octanol–water partition coefficient (Wildman–Crippen LogP) is 16.7. The van der Waals surface area contributed by atoms with E-state index in [1.165, 1.54) is 98.0 Å². The number of nitrogens with zero attached hydrogens (tertiary/aromatic N) is 3. The molecule has 11 aromatic rings. The number of fused-ring (bicyclic) bond motifs is 15. The zero-order valence-corrected chi connectivity index (χ0v) is 37.9. The van der Waals surface area contributed by atoms with Crippen LogP contribution in [0.15, 0.2) is 212 Å². The van der Waals surface area contributed by atoms with Crippen LogP contribution in [0.4, 0.5) is 17.1 Å². The van der Waals surface area contributed by atoms with Crippen molar-refractivity contribution in [1.29, 1.82) is 0 Å². The predicted molar refractivity (Wildman–Crippen MR) is 281 cm³/mol. The maximum atomic E-state index is 2.57. The summed E-state index contributed by atoms with van der Waals surface area (Å²) in [6, 6.07) is 79.8. The van der Waals surface area contributed by atoms with Crippen molar-refractivity contribution in [2.24, 2.45) is 29.1 Å². The van der Waals surface area contributed by atoms with Crippen molar-refractivity contribution in [2.45, 2.75) is 37.5 Å². The van der Waals surface area contributed by atoms with E-state index in [9.17, 15) is 0 Å². The van der Waals surface area contributed by atoms with Gasteiger partial charge in [-0.25, -0.2) is 0 Å². The Balaban J connectivity index is 0.857. The van der Waals surface area contributed by atoms with Gasteiger partial charge in [0.2, 0.25) is 0 Å². The number of anilines is 3. The van der Waals surface area contributed by atoms with Gasteiger partial charge in [-0.05, 0) is 180 Å². The minimum atomic E-state index is 0.197. The van der Waals surface area contributed by atoms with E-state index in [1.54, 1.807) is 11.1 Å². The summed E-state index contributed by atoms with van der Waals surface area (Å²) >= 11 is 0. The second kappa shape index (κ2) is 13.5. The summed E-state index contributed by atoms with van der Waals surface area (Å²) in [5.74, 6) is 3.50. The first-order chi connectivity index (χ1) is 33.7. The van der Waals surface area contributed by atoms with Crippen molar-refractivity contribution in [3.05, 3.63) is 223 Å². The minimum Gasteiger partial charge on any atom is -0.310 e. The van der Waals surface area contributed by atoms with Gasteiger partial charge in [-0.3, -0.25) is 0 Å². The van der Waals surface area contributed by atoms with E-state index in [-0.39, 0.29) is 5.41 Å². The van der Waals surface area contributed by atoms with Gasteiger partial charge in [-0.15, -0.1) is 0 Å². The van der Waals surface area contributed by atoms with E-state index in [2.05, 4.69) is 226 Å². The fourth-order valence-corrected chi connectivity index (χ4v) is 15.8. The van der Waals surface area contributed by atoms with Gasteiger partial charge >= 0.3 is 0 Å². The lowest BCUT2D eigenvalue weighted by molar-refractivity contribution is -0.0193. The highest BCUT2D eigenvalue weighted by molar-refractivity contribution is 6.12. The molecule has 2 spiro atoms. The first-order valence-corrected chi connectivity index (χ1v) is 25.0. The topological polar surface area (TPSA) is 13.1 Å². The van der Waals surface area contributed by atoms with Crippen LogP contribution in [0.5, 0.6) is 0 Å². The van der Waals surface area contributed by atoms with Crippen LogP contribution in [-0.4, -0.2) is 9.13 Å². The lowest BCUT2D eigenvalue weighted by Gasteiger charge is -2.54. The quantitative estimate of drug-likeness (QED) is 0.162. The maximum absolute atomic E-state index is 2.57. The van der Waals surface area contributed by atoms with Crippen LogP contribution in [0.25, 0.3) is 77.2 Å². The van der Waals surface area contributed by atoms with Crippen LogP contribution in [0.2, 0.25) is 0 Å². The Morgan fingerprint density at radius 3 is 1.74 bits per heavy atom. The third-order valence-electron chi connectivity index (χ3n) is 18.2. The molecule has 5 aliphatic carbocycles. The summed E-state index contributed by atoms with van der Waals surface area (Å²) in [6.45, 7) is 0. The number of rotatable bonds is 6. The summed E-state index contributed by atoms with van der Waals surface area (Å²) in [4.78, 5) is 2.46. The molecule has 6 unspecified atom stereocenters. The Morgan fingerprint density at radius 2 is 0.956 bits per heavy atom. The van der Waals surface area contributed by atoms with E-state index in [0.717, 1.165) is 52.1 Å². The third kappa shape index (κ3) is 4.79. The second-order valence-electron chi connectivity index (χ2n) is 21.0. The van der Waals surface area contributed by atoms with Crippen LogP contribution in [0, 0.1) is 29.1 Å². The molecule has 324 valence electrons. The molecule has 0 aliphatic heterocycles. The van der Waals surface area contributed by atoms with Gasteiger partial charge in [0.05, 0.1) is 22.1 Å². The zero-order valence-electron chi connectivity index (χ0n) is 37.9. The highest BCUT2D eigenvalue weighted by Crippen LogP contribution is 2.83. The van der Waals surface area contributed by atoms with Crippen molar-refractivity contribution < 1.29 is 0 Å². The molecule has 3 heteroatoms. The molecule has 68 heavy (non-hydrogen) atoms. The fraction of sp³-hybridized carbons (Fsp3) is 0.169. The van der Waals surface area contributed by atoms with Gasteiger partial charge in [0, 0.05) is 55.4 Å². The second-order valence-corrected chi connectivity index (χ2v) is 21.0. The van der Waals surface area contributed by atoms with Crippen LogP contribution in [0.3, 0.4) is 0 Å². The largest absolute Gasteiger partial charge is 0.310 e. The lowest BCUT2D eigenvalue weighted by atomic mass is 9.49. The third-order valence-corrected chi connectivity index (χ3v) is 18.2. The smallest absolute Gasteiger partial charge is 0.0561 e. The molecule has 2 heterocycles. The number of benzene rings is 9. The molecule has 3 bridgehead atoms. The van der Waals surface area contributed by atoms with Crippen molar-refractivity contribution in [2.75, 3.05) is 4.90 Å². The summed E-state index contributed by atoms with van der Waals surface area (Å²) in [6.07, 6.45) is 7.31. The first-order valence-electron chi connectivity index (χ1n) is 25.0. The standard InChI is InChI=1S/C65H49N3/c1-3-13-46(14-4-1)67-60-22-12-9-19-53(60)56-37-49(29-32-61(56)67)66(50-28-30-54-52-18-8-11-21-59(52)68(62(54)38-50)47-15-5-2-6-16-47)48-26-23-42(24-27-48)43-25-31-58-55(35-43)51-17-7-10-20-57(51)65(58)45-34-41-33-44-36-63(65)64(44,39-41)40-45/h1-32,35,37-38,41,44-45,63H,33-34,36,39-40H2. The van der Waals surface area contributed by atoms with Gasteiger partial charge in [-0.2, -0.15) is 0 Å². The van der Waals surface area contributed by atoms with E-state index in [1.807, 2.05) is 0 Å². The molecule has 16 rings (SSSR count). The van der Waals surface area contributed by atoms with Crippen molar-refractivity contribution in [3.63, 3.8) is 0 Å². The number of aromatic nitrogens is 2. The Labute approximate surface area is 396 Å². The molecule has 4 fully saturated rings. The van der Waals surface area contributed by atoms with Gasteiger partial charge in [-0.1, -0.05) is 127 Å². The van der Waals surface area contributed by atoms with Crippen LogP contribution < -0.4 is 4.90 Å². The van der Waals surface area contributed by atoms with E-state index in [0.29, 0.717) is 5.41 Å². The average molecular weight is 872 g/mol. The van der Waals surface area contributed by atoms with Crippen molar-refractivity contribution in [3.8, 4) is 33.6 Å². The van der Waals surface area contributed by atoms with Crippen LogP contribution in [-0.2, 0) is 5.41 Å². The summed E-state index contributed by atoms with van der Waals surface area (Å²) in [7, 11) is 0. The SMILES string of the molecule is c1ccc(-n2c3ccccc3c3cc(N(c4ccc(-c5ccc6c(c5)-c5ccccc5C65C6CC7CC8CC5C8(C7)C6)cc4)c4ccc5c6ccccc6n(-c6ccccc6)c5c4)ccc32)cc1. The molecule has 2 aromatic heterocycles.